The number of rotatable bonds is 7. The summed E-state index contributed by atoms with van der Waals surface area (Å²) in [5.74, 6) is 0.281. The van der Waals surface area contributed by atoms with Crippen LogP contribution in [-0.2, 0) is 11.3 Å². The zero-order valence-electron chi connectivity index (χ0n) is 12.0. The van der Waals surface area contributed by atoms with Crippen LogP contribution in [0.25, 0.3) is 0 Å². The fraction of sp³-hybridized carbons (Fsp3) is 0.500. The second kappa shape index (κ2) is 7.97. The van der Waals surface area contributed by atoms with E-state index in [4.69, 9.17) is 16.3 Å². The van der Waals surface area contributed by atoms with Crippen LogP contribution in [0.5, 0.6) is 11.5 Å². The minimum absolute atomic E-state index is 0.0329. The Morgan fingerprint density at radius 1 is 1.50 bits per heavy atom. The Kier molecular flexibility index (Phi) is 6.61. The van der Waals surface area contributed by atoms with Crippen LogP contribution >= 0.6 is 11.6 Å². The van der Waals surface area contributed by atoms with Gasteiger partial charge in [-0.15, -0.1) is 0 Å². The van der Waals surface area contributed by atoms with Crippen molar-refractivity contribution in [2.45, 2.75) is 32.9 Å². The van der Waals surface area contributed by atoms with Gasteiger partial charge in [-0.3, -0.25) is 4.79 Å². The van der Waals surface area contributed by atoms with Gasteiger partial charge in [-0.1, -0.05) is 18.5 Å². The molecule has 0 aliphatic carbocycles. The lowest BCUT2D eigenvalue weighted by Gasteiger charge is -2.15. The van der Waals surface area contributed by atoms with Crippen LogP contribution in [0, 0.1) is 0 Å². The van der Waals surface area contributed by atoms with Crippen LogP contribution in [0.15, 0.2) is 12.1 Å². The number of hydrogen-bond donors (Lipinski definition) is 3. The van der Waals surface area contributed by atoms with Crippen molar-refractivity contribution in [3.05, 3.63) is 22.7 Å². The maximum atomic E-state index is 11.7. The zero-order chi connectivity index (χ0) is 15.1. The van der Waals surface area contributed by atoms with Gasteiger partial charge in [0, 0.05) is 29.7 Å². The Bertz CT molecular complexity index is 466. The van der Waals surface area contributed by atoms with E-state index in [9.17, 15) is 9.90 Å². The summed E-state index contributed by atoms with van der Waals surface area (Å²) in [6.45, 7) is 4.74. The molecular formula is C14H21ClN2O3. The van der Waals surface area contributed by atoms with E-state index in [2.05, 4.69) is 10.6 Å². The molecule has 1 atom stereocenters. The zero-order valence-corrected chi connectivity index (χ0v) is 12.8. The Labute approximate surface area is 124 Å². The Morgan fingerprint density at radius 2 is 2.20 bits per heavy atom. The van der Waals surface area contributed by atoms with Crippen LogP contribution in [0.1, 0.15) is 25.8 Å². The molecule has 5 nitrogen and oxygen atoms in total. The molecule has 0 spiro atoms. The molecule has 112 valence electrons. The molecule has 0 aliphatic heterocycles. The molecule has 0 aliphatic rings. The Hall–Kier alpha value is -1.46. The maximum Gasteiger partial charge on any atom is 0.236 e. The number of benzene rings is 1. The average molecular weight is 301 g/mol. The van der Waals surface area contributed by atoms with Crippen LogP contribution in [0.4, 0.5) is 0 Å². The lowest BCUT2D eigenvalue weighted by molar-refractivity contribution is -0.122. The van der Waals surface area contributed by atoms with Crippen molar-refractivity contribution in [2.75, 3.05) is 13.7 Å². The third-order valence-corrected chi connectivity index (χ3v) is 3.10. The molecule has 3 N–H and O–H groups in total. The molecule has 0 heterocycles. The maximum absolute atomic E-state index is 11.7. The monoisotopic (exact) mass is 300 g/mol. The number of phenols is 1. The highest BCUT2D eigenvalue weighted by atomic mass is 35.5. The SMILES string of the molecule is CCCNC(=O)C(C)NCc1cc(Cl)cc(OC)c1O. The highest BCUT2D eigenvalue weighted by molar-refractivity contribution is 6.30. The number of halogens is 1. The van der Waals surface area contributed by atoms with Crippen LogP contribution in [0.2, 0.25) is 5.02 Å². The van der Waals surface area contributed by atoms with Gasteiger partial charge in [0.25, 0.3) is 0 Å². The minimum atomic E-state index is -0.356. The predicted octanol–water partition coefficient (Wildman–Crippen LogP) is 2.06. The first kappa shape index (κ1) is 16.6. The minimum Gasteiger partial charge on any atom is -0.504 e. The van der Waals surface area contributed by atoms with Gasteiger partial charge in [-0.05, 0) is 19.4 Å². The fourth-order valence-electron chi connectivity index (χ4n) is 1.68. The second-order valence-corrected chi connectivity index (χ2v) is 4.95. The number of aromatic hydroxyl groups is 1. The van der Waals surface area contributed by atoms with Crippen molar-refractivity contribution in [1.29, 1.82) is 0 Å². The number of hydrogen-bond acceptors (Lipinski definition) is 4. The number of carbonyl (C=O) groups excluding carboxylic acids is 1. The van der Waals surface area contributed by atoms with Crippen molar-refractivity contribution in [3.8, 4) is 11.5 Å². The predicted molar refractivity (Wildman–Crippen MR) is 79.3 cm³/mol. The van der Waals surface area contributed by atoms with Crippen molar-refractivity contribution in [2.24, 2.45) is 0 Å². The summed E-state index contributed by atoms with van der Waals surface area (Å²) in [4.78, 5) is 11.7. The summed E-state index contributed by atoms with van der Waals surface area (Å²) in [5.41, 5.74) is 0.587. The van der Waals surface area contributed by atoms with Crippen LogP contribution < -0.4 is 15.4 Å². The standard InChI is InChI=1S/C14H21ClN2O3/c1-4-5-16-14(19)9(2)17-8-10-6-11(15)7-12(20-3)13(10)18/h6-7,9,17-18H,4-5,8H2,1-3H3,(H,16,19). The van der Waals surface area contributed by atoms with E-state index in [0.29, 0.717) is 29.4 Å². The molecule has 1 unspecified atom stereocenters. The van der Waals surface area contributed by atoms with E-state index >= 15 is 0 Å². The second-order valence-electron chi connectivity index (χ2n) is 4.51. The molecule has 6 heteroatoms. The molecule has 0 bridgehead atoms. The fourth-order valence-corrected chi connectivity index (χ4v) is 1.91. The number of ether oxygens (including phenoxy) is 1. The molecule has 1 aromatic rings. The third-order valence-electron chi connectivity index (χ3n) is 2.88. The van der Waals surface area contributed by atoms with Crippen molar-refractivity contribution in [1.82, 2.24) is 10.6 Å². The van der Waals surface area contributed by atoms with E-state index in [0.717, 1.165) is 6.42 Å². The summed E-state index contributed by atoms with van der Waals surface area (Å²) in [7, 11) is 1.46. The van der Waals surface area contributed by atoms with Crippen molar-refractivity contribution >= 4 is 17.5 Å². The van der Waals surface area contributed by atoms with Crippen LogP contribution in [0.3, 0.4) is 0 Å². The van der Waals surface area contributed by atoms with Crippen molar-refractivity contribution in [3.63, 3.8) is 0 Å². The number of phenolic OH excluding ortho intramolecular Hbond substituents is 1. The molecule has 0 radical (unpaired) electrons. The van der Waals surface area contributed by atoms with E-state index in [-0.39, 0.29) is 17.7 Å². The topological polar surface area (TPSA) is 70.6 Å². The van der Waals surface area contributed by atoms with Gasteiger partial charge in [-0.2, -0.15) is 0 Å². The van der Waals surface area contributed by atoms with Gasteiger partial charge in [-0.25, -0.2) is 0 Å². The summed E-state index contributed by atoms with van der Waals surface area (Å²) in [6, 6.07) is 2.83. The highest BCUT2D eigenvalue weighted by Gasteiger charge is 2.14. The van der Waals surface area contributed by atoms with Gasteiger partial charge in [0.15, 0.2) is 11.5 Å². The lowest BCUT2D eigenvalue weighted by atomic mass is 10.1. The van der Waals surface area contributed by atoms with E-state index in [1.807, 2.05) is 6.92 Å². The molecule has 1 aromatic carbocycles. The van der Waals surface area contributed by atoms with Gasteiger partial charge in [0.05, 0.1) is 13.2 Å². The molecule has 0 fully saturated rings. The third kappa shape index (κ3) is 4.58. The summed E-state index contributed by atoms with van der Waals surface area (Å²) < 4.78 is 5.03. The summed E-state index contributed by atoms with van der Waals surface area (Å²) >= 11 is 5.95. The van der Waals surface area contributed by atoms with E-state index in [1.54, 1.807) is 13.0 Å². The number of carbonyl (C=O) groups is 1. The lowest BCUT2D eigenvalue weighted by Crippen LogP contribution is -2.42. The smallest absolute Gasteiger partial charge is 0.236 e. The first-order chi connectivity index (χ1) is 9.49. The highest BCUT2D eigenvalue weighted by Crippen LogP contribution is 2.33. The summed E-state index contributed by atoms with van der Waals surface area (Å²) in [6.07, 6.45) is 0.894. The molecule has 1 amide bonds. The molecule has 20 heavy (non-hydrogen) atoms. The van der Waals surface area contributed by atoms with E-state index < -0.39 is 0 Å². The molecule has 0 saturated carbocycles. The quantitative estimate of drug-likeness (QED) is 0.721. The van der Waals surface area contributed by atoms with Gasteiger partial charge < -0.3 is 20.5 Å². The van der Waals surface area contributed by atoms with Crippen LogP contribution in [-0.4, -0.2) is 30.7 Å². The summed E-state index contributed by atoms with van der Waals surface area (Å²) in [5, 5.41) is 16.3. The largest absolute Gasteiger partial charge is 0.504 e. The van der Waals surface area contributed by atoms with Gasteiger partial charge in [0.1, 0.15) is 0 Å². The first-order valence-electron chi connectivity index (χ1n) is 6.56. The van der Waals surface area contributed by atoms with E-state index in [1.165, 1.54) is 13.2 Å². The normalized spacial score (nSPS) is 12.0. The Morgan fingerprint density at radius 3 is 2.80 bits per heavy atom. The first-order valence-corrected chi connectivity index (χ1v) is 6.93. The van der Waals surface area contributed by atoms with Gasteiger partial charge >= 0.3 is 0 Å². The molecule has 1 rings (SSSR count). The van der Waals surface area contributed by atoms with Crippen molar-refractivity contribution < 1.29 is 14.6 Å². The molecule has 0 saturated heterocycles. The number of methoxy groups -OCH3 is 1. The van der Waals surface area contributed by atoms with Gasteiger partial charge in [0.2, 0.25) is 5.91 Å². The number of amides is 1. The average Bonchev–Trinajstić information content (AvgIpc) is 2.44. The molecule has 0 aromatic heterocycles. The Balaban J connectivity index is 2.65. The number of nitrogens with one attached hydrogen (secondary N) is 2. The molecular weight excluding hydrogens is 280 g/mol.